The molecule has 1 saturated heterocycles. The van der Waals surface area contributed by atoms with Gasteiger partial charge in [0, 0.05) is 13.1 Å². The van der Waals surface area contributed by atoms with Crippen molar-refractivity contribution in [1.29, 1.82) is 0 Å². The molecule has 8 heteroatoms. The van der Waals surface area contributed by atoms with Gasteiger partial charge < -0.3 is 20.5 Å². The number of hydrogen-bond acceptors (Lipinski definition) is 6. The summed E-state index contributed by atoms with van der Waals surface area (Å²) in [6.07, 6.45) is -0.175. The molecule has 0 saturated carbocycles. The van der Waals surface area contributed by atoms with Crippen LogP contribution in [-0.2, 0) is 16.0 Å². The number of hydrogen-bond donors (Lipinski definition) is 3. The molecule has 2 heterocycles. The summed E-state index contributed by atoms with van der Waals surface area (Å²) in [7, 11) is 0. The fraction of sp³-hybridized carbons (Fsp3) is 0.667. The summed E-state index contributed by atoms with van der Waals surface area (Å²) in [6, 6.07) is 0. The maximum Gasteiger partial charge on any atom is 0.330 e. The van der Waals surface area contributed by atoms with Crippen molar-refractivity contribution in [3.63, 3.8) is 0 Å². The summed E-state index contributed by atoms with van der Waals surface area (Å²) >= 11 is 0. The van der Waals surface area contributed by atoms with Gasteiger partial charge in [-0.05, 0) is 20.8 Å². The first kappa shape index (κ1) is 14.6. The predicted octanol–water partition coefficient (Wildman–Crippen LogP) is -0.298. The molecule has 0 amide bonds. The molecule has 0 radical (unpaired) electrons. The van der Waals surface area contributed by atoms with Crippen LogP contribution in [0.2, 0.25) is 0 Å². The van der Waals surface area contributed by atoms with Crippen molar-refractivity contribution in [2.24, 2.45) is 0 Å². The van der Waals surface area contributed by atoms with Crippen LogP contribution in [0.3, 0.4) is 0 Å². The number of rotatable bonds is 4. The van der Waals surface area contributed by atoms with Gasteiger partial charge >= 0.3 is 5.69 Å². The fourth-order valence-corrected chi connectivity index (χ4v) is 2.15. The summed E-state index contributed by atoms with van der Waals surface area (Å²) in [5.41, 5.74) is 4.98. The molecule has 0 aromatic carbocycles. The lowest BCUT2D eigenvalue weighted by atomic mass is 10.3. The molecule has 0 spiro atoms. The quantitative estimate of drug-likeness (QED) is 0.700. The molecule has 1 atom stereocenters. The molecule has 20 heavy (non-hydrogen) atoms. The highest BCUT2D eigenvalue weighted by atomic mass is 16.7. The molecule has 1 fully saturated rings. The summed E-state index contributed by atoms with van der Waals surface area (Å²) in [4.78, 5) is 25.6. The van der Waals surface area contributed by atoms with Crippen LogP contribution in [0.15, 0.2) is 9.59 Å². The van der Waals surface area contributed by atoms with Crippen LogP contribution >= 0.6 is 0 Å². The lowest BCUT2D eigenvalue weighted by Gasteiger charge is -2.18. The summed E-state index contributed by atoms with van der Waals surface area (Å²) in [6.45, 7) is 6.61. The van der Waals surface area contributed by atoms with E-state index in [1.165, 1.54) is 4.57 Å². The van der Waals surface area contributed by atoms with Crippen LogP contribution in [0.1, 0.15) is 20.8 Å². The van der Waals surface area contributed by atoms with Crippen molar-refractivity contribution >= 4 is 11.5 Å². The molecule has 1 aromatic heterocycles. The van der Waals surface area contributed by atoms with Crippen LogP contribution in [0.5, 0.6) is 0 Å². The highest BCUT2D eigenvalue weighted by molar-refractivity contribution is 5.60. The normalized spacial score (nSPS) is 21.1. The van der Waals surface area contributed by atoms with Gasteiger partial charge in [-0.2, -0.15) is 0 Å². The Kier molecular flexibility index (Phi) is 3.87. The van der Waals surface area contributed by atoms with Crippen molar-refractivity contribution in [3.8, 4) is 0 Å². The lowest BCUT2D eigenvalue weighted by molar-refractivity contribution is -0.136. The van der Waals surface area contributed by atoms with E-state index in [2.05, 4.69) is 10.3 Å². The Morgan fingerprint density at radius 1 is 1.50 bits per heavy atom. The number of nitrogens with one attached hydrogen (secondary N) is 2. The van der Waals surface area contributed by atoms with Crippen molar-refractivity contribution in [3.05, 3.63) is 20.8 Å². The van der Waals surface area contributed by atoms with Crippen LogP contribution in [0.4, 0.5) is 11.5 Å². The van der Waals surface area contributed by atoms with Crippen LogP contribution in [-0.4, -0.2) is 34.6 Å². The minimum absolute atomic E-state index is 0.124. The van der Waals surface area contributed by atoms with Crippen molar-refractivity contribution in [2.45, 2.75) is 39.2 Å². The van der Waals surface area contributed by atoms with Gasteiger partial charge in [0.1, 0.15) is 17.6 Å². The minimum atomic E-state index is -0.619. The van der Waals surface area contributed by atoms with Crippen molar-refractivity contribution < 1.29 is 9.47 Å². The van der Waals surface area contributed by atoms with E-state index in [-0.39, 0.29) is 17.6 Å². The second kappa shape index (κ2) is 5.29. The Morgan fingerprint density at radius 2 is 2.20 bits per heavy atom. The standard InChI is InChI=1S/C12H20N4O4/c1-4-16-9(13)8(10(17)15-11(16)18)14-5-7-6-19-12(2,3)20-7/h7,14H,4-6,13H2,1-3H3,(H,15,17,18). The topological polar surface area (TPSA) is 111 Å². The van der Waals surface area contributed by atoms with Gasteiger partial charge in [0.25, 0.3) is 5.56 Å². The van der Waals surface area contributed by atoms with E-state index in [0.29, 0.717) is 19.7 Å². The number of aromatic amines is 1. The molecular weight excluding hydrogens is 264 g/mol. The summed E-state index contributed by atoms with van der Waals surface area (Å²) in [5, 5.41) is 2.93. The van der Waals surface area contributed by atoms with Gasteiger partial charge in [-0.25, -0.2) is 4.79 Å². The largest absolute Gasteiger partial charge is 0.383 e. The lowest BCUT2D eigenvalue weighted by Crippen LogP contribution is -2.35. The maximum atomic E-state index is 11.8. The number of aromatic nitrogens is 2. The second-order valence-electron chi connectivity index (χ2n) is 5.10. The Bertz CT molecular complexity index is 604. The molecule has 2 rings (SSSR count). The van der Waals surface area contributed by atoms with E-state index in [1.807, 2.05) is 13.8 Å². The molecule has 0 aliphatic carbocycles. The highest BCUT2D eigenvalue weighted by Crippen LogP contribution is 2.22. The van der Waals surface area contributed by atoms with E-state index in [0.717, 1.165) is 0 Å². The van der Waals surface area contributed by atoms with Gasteiger partial charge in [-0.3, -0.25) is 14.3 Å². The zero-order chi connectivity index (χ0) is 14.9. The van der Waals surface area contributed by atoms with E-state index in [1.54, 1.807) is 6.92 Å². The SMILES string of the molecule is CCn1c(N)c(NCC2COC(C)(C)O2)c(=O)[nH]c1=O. The third-order valence-electron chi connectivity index (χ3n) is 3.13. The van der Waals surface area contributed by atoms with Crippen LogP contribution in [0.25, 0.3) is 0 Å². The number of nitrogens with two attached hydrogens (primary N) is 1. The monoisotopic (exact) mass is 284 g/mol. The van der Waals surface area contributed by atoms with E-state index in [9.17, 15) is 9.59 Å². The second-order valence-corrected chi connectivity index (χ2v) is 5.10. The van der Waals surface area contributed by atoms with Gasteiger partial charge in [0.15, 0.2) is 5.79 Å². The zero-order valence-corrected chi connectivity index (χ0v) is 11.9. The smallest absolute Gasteiger partial charge is 0.330 e. The number of nitrogen functional groups attached to an aromatic ring is 1. The van der Waals surface area contributed by atoms with Crippen LogP contribution < -0.4 is 22.3 Å². The average Bonchev–Trinajstić information content (AvgIpc) is 2.68. The minimum Gasteiger partial charge on any atom is -0.383 e. The molecule has 0 bridgehead atoms. The Balaban J connectivity index is 2.15. The average molecular weight is 284 g/mol. The third-order valence-corrected chi connectivity index (χ3v) is 3.13. The van der Waals surface area contributed by atoms with Crippen molar-refractivity contribution in [1.82, 2.24) is 9.55 Å². The first-order valence-corrected chi connectivity index (χ1v) is 6.52. The molecule has 112 valence electrons. The Hall–Kier alpha value is -1.80. The first-order chi connectivity index (χ1) is 9.34. The predicted molar refractivity (Wildman–Crippen MR) is 74.8 cm³/mol. The zero-order valence-electron chi connectivity index (χ0n) is 11.9. The van der Waals surface area contributed by atoms with Gasteiger partial charge in [0.2, 0.25) is 0 Å². The maximum absolute atomic E-state index is 11.8. The number of nitrogens with zero attached hydrogens (tertiary/aromatic N) is 1. The number of H-pyrrole nitrogens is 1. The van der Waals surface area contributed by atoms with E-state index >= 15 is 0 Å². The van der Waals surface area contributed by atoms with Gasteiger partial charge in [-0.15, -0.1) is 0 Å². The Morgan fingerprint density at radius 3 is 2.75 bits per heavy atom. The van der Waals surface area contributed by atoms with Crippen LogP contribution in [0, 0.1) is 0 Å². The molecule has 1 aliphatic rings. The van der Waals surface area contributed by atoms with Gasteiger partial charge in [-0.1, -0.05) is 0 Å². The molecular formula is C12H20N4O4. The molecule has 8 nitrogen and oxygen atoms in total. The summed E-state index contributed by atoms with van der Waals surface area (Å²) in [5.74, 6) is -0.494. The van der Waals surface area contributed by atoms with E-state index < -0.39 is 17.0 Å². The molecule has 1 aromatic rings. The van der Waals surface area contributed by atoms with E-state index in [4.69, 9.17) is 15.2 Å². The summed E-state index contributed by atoms with van der Waals surface area (Å²) < 4.78 is 12.3. The highest BCUT2D eigenvalue weighted by Gasteiger charge is 2.32. The number of anilines is 2. The fourth-order valence-electron chi connectivity index (χ4n) is 2.15. The Labute approximate surface area is 115 Å². The third kappa shape index (κ3) is 2.86. The molecule has 4 N–H and O–H groups in total. The van der Waals surface area contributed by atoms with Crippen molar-refractivity contribution in [2.75, 3.05) is 24.2 Å². The molecule has 1 unspecified atom stereocenters. The molecule has 1 aliphatic heterocycles. The number of ether oxygens (including phenoxy) is 2. The van der Waals surface area contributed by atoms with Gasteiger partial charge in [0.05, 0.1) is 6.61 Å². The first-order valence-electron chi connectivity index (χ1n) is 6.52.